The van der Waals surface area contributed by atoms with Crippen molar-refractivity contribution in [2.75, 3.05) is 13.2 Å². The van der Waals surface area contributed by atoms with Crippen LogP contribution in [0.4, 0.5) is 0 Å². The third-order valence-electron chi connectivity index (χ3n) is 4.14. The van der Waals surface area contributed by atoms with E-state index in [1.807, 2.05) is 0 Å². The Morgan fingerprint density at radius 2 is 1.12 bits per heavy atom. The van der Waals surface area contributed by atoms with E-state index in [1.165, 1.54) is 57.8 Å². The van der Waals surface area contributed by atoms with Crippen LogP contribution in [0.25, 0.3) is 0 Å². The molecule has 0 heterocycles. The SMILES string of the molecule is C=CCCCOC(=O)/C=C/C(=O)OCCCCCCCCCCCCC. The molecule has 0 saturated heterocycles. The number of esters is 2. The van der Waals surface area contributed by atoms with E-state index in [2.05, 4.69) is 13.5 Å². The van der Waals surface area contributed by atoms with E-state index in [-0.39, 0.29) is 0 Å². The lowest BCUT2D eigenvalue weighted by atomic mass is 10.1. The Morgan fingerprint density at radius 3 is 1.58 bits per heavy atom. The van der Waals surface area contributed by atoms with Gasteiger partial charge in [-0.1, -0.05) is 77.2 Å². The highest BCUT2D eigenvalue weighted by Crippen LogP contribution is 2.11. The molecule has 0 radical (unpaired) electrons. The van der Waals surface area contributed by atoms with Crippen LogP contribution in [-0.4, -0.2) is 25.2 Å². The molecule has 0 aromatic carbocycles. The molecule has 0 N–H and O–H groups in total. The van der Waals surface area contributed by atoms with Gasteiger partial charge in [-0.3, -0.25) is 0 Å². The zero-order valence-electron chi connectivity index (χ0n) is 16.7. The van der Waals surface area contributed by atoms with Crippen molar-refractivity contribution >= 4 is 11.9 Å². The van der Waals surface area contributed by atoms with Crippen molar-refractivity contribution in [1.29, 1.82) is 0 Å². The predicted octanol–water partition coefficient (Wildman–Crippen LogP) is 5.91. The fourth-order valence-electron chi connectivity index (χ4n) is 2.57. The summed E-state index contributed by atoms with van der Waals surface area (Å²) in [4.78, 5) is 22.8. The normalized spacial score (nSPS) is 10.8. The summed E-state index contributed by atoms with van der Waals surface area (Å²) < 4.78 is 10.0. The van der Waals surface area contributed by atoms with Crippen molar-refractivity contribution in [3.63, 3.8) is 0 Å². The molecule has 0 aliphatic carbocycles. The zero-order valence-corrected chi connectivity index (χ0v) is 16.7. The summed E-state index contributed by atoms with van der Waals surface area (Å²) in [6.07, 6.45) is 19.4. The number of carbonyl (C=O) groups is 2. The molecular weight excluding hydrogens is 328 g/mol. The predicted molar refractivity (Wildman–Crippen MR) is 107 cm³/mol. The third-order valence-corrected chi connectivity index (χ3v) is 4.14. The van der Waals surface area contributed by atoms with Gasteiger partial charge in [0.15, 0.2) is 0 Å². The topological polar surface area (TPSA) is 52.6 Å². The van der Waals surface area contributed by atoms with Crippen LogP contribution in [0, 0.1) is 0 Å². The van der Waals surface area contributed by atoms with Gasteiger partial charge in [0.2, 0.25) is 0 Å². The Kier molecular flexibility index (Phi) is 18.5. The first-order chi connectivity index (χ1) is 12.7. The average molecular weight is 367 g/mol. The molecule has 0 rings (SSSR count). The van der Waals surface area contributed by atoms with Crippen LogP contribution in [-0.2, 0) is 19.1 Å². The molecule has 0 saturated carbocycles. The summed E-state index contributed by atoms with van der Waals surface area (Å²) in [6.45, 7) is 6.59. The van der Waals surface area contributed by atoms with E-state index in [4.69, 9.17) is 9.47 Å². The highest BCUT2D eigenvalue weighted by Gasteiger charge is 2.01. The van der Waals surface area contributed by atoms with E-state index >= 15 is 0 Å². The maximum Gasteiger partial charge on any atom is 0.331 e. The maximum absolute atomic E-state index is 11.5. The van der Waals surface area contributed by atoms with Gasteiger partial charge in [-0.2, -0.15) is 0 Å². The van der Waals surface area contributed by atoms with Gasteiger partial charge < -0.3 is 9.47 Å². The molecule has 26 heavy (non-hydrogen) atoms. The second kappa shape index (κ2) is 19.7. The van der Waals surface area contributed by atoms with Gasteiger partial charge in [0.05, 0.1) is 13.2 Å². The molecule has 0 amide bonds. The van der Waals surface area contributed by atoms with Gasteiger partial charge in [-0.25, -0.2) is 9.59 Å². The fraction of sp³-hybridized carbons (Fsp3) is 0.727. The highest BCUT2D eigenvalue weighted by molar-refractivity contribution is 5.91. The van der Waals surface area contributed by atoms with E-state index in [9.17, 15) is 9.59 Å². The number of hydrogen-bond donors (Lipinski definition) is 0. The molecule has 0 aromatic rings. The van der Waals surface area contributed by atoms with Crippen molar-refractivity contribution in [2.45, 2.75) is 90.4 Å². The largest absolute Gasteiger partial charge is 0.463 e. The van der Waals surface area contributed by atoms with Crippen molar-refractivity contribution in [3.05, 3.63) is 24.8 Å². The van der Waals surface area contributed by atoms with Gasteiger partial charge in [0.1, 0.15) is 0 Å². The Hall–Kier alpha value is -1.58. The summed E-state index contributed by atoms with van der Waals surface area (Å²) in [5, 5.41) is 0. The second-order valence-electron chi connectivity index (χ2n) is 6.63. The third kappa shape index (κ3) is 18.8. The van der Waals surface area contributed by atoms with E-state index in [0.717, 1.165) is 37.8 Å². The second-order valence-corrected chi connectivity index (χ2v) is 6.63. The first-order valence-corrected chi connectivity index (χ1v) is 10.3. The van der Waals surface area contributed by atoms with Gasteiger partial charge in [-0.15, -0.1) is 6.58 Å². The van der Waals surface area contributed by atoms with E-state index < -0.39 is 11.9 Å². The minimum absolute atomic E-state index is 0.336. The fourth-order valence-corrected chi connectivity index (χ4v) is 2.57. The molecular formula is C22H38O4. The lowest BCUT2D eigenvalue weighted by Crippen LogP contribution is -2.06. The van der Waals surface area contributed by atoms with E-state index in [0.29, 0.717) is 13.2 Å². The average Bonchev–Trinajstić information content (AvgIpc) is 2.64. The zero-order chi connectivity index (χ0) is 19.3. The van der Waals surface area contributed by atoms with Gasteiger partial charge >= 0.3 is 11.9 Å². The summed E-state index contributed by atoms with van der Waals surface area (Å²) >= 11 is 0. The minimum atomic E-state index is -0.513. The first-order valence-electron chi connectivity index (χ1n) is 10.3. The van der Waals surface area contributed by atoms with Gasteiger partial charge in [-0.05, 0) is 19.3 Å². The van der Waals surface area contributed by atoms with Gasteiger partial charge in [0, 0.05) is 12.2 Å². The summed E-state index contributed by atoms with van der Waals surface area (Å²) in [5.41, 5.74) is 0. The lowest BCUT2D eigenvalue weighted by molar-refractivity contribution is -0.140. The lowest BCUT2D eigenvalue weighted by Gasteiger charge is -2.03. The molecule has 0 atom stereocenters. The molecule has 150 valence electrons. The van der Waals surface area contributed by atoms with E-state index in [1.54, 1.807) is 6.08 Å². The number of unbranched alkanes of at least 4 members (excludes halogenated alkanes) is 11. The number of ether oxygens (including phenoxy) is 2. The molecule has 0 fully saturated rings. The summed E-state index contributed by atoms with van der Waals surface area (Å²) in [7, 11) is 0. The number of carbonyl (C=O) groups excluding carboxylic acids is 2. The molecule has 0 aliphatic heterocycles. The van der Waals surface area contributed by atoms with Crippen LogP contribution in [0.5, 0.6) is 0 Å². The summed E-state index contributed by atoms with van der Waals surface area (Å²) in [5.74, 6) is -0.999. The molecule has 4 heteroatoms. The van der Waals surface area contributed by atoms with Crippen LogP contribution >= 0.6 is 0 Å². The van der Waals surface area contributed by atoms with Crippen LogP contribution < -0.4 is 0 Å². The highest BCUT2D eigenvalue weighted by atomic mass is 16.5. The Bertz CT molecular complexity index is 388. The van der Waals surface area contributed by atoms with Crippen molar-refractivity contribution in [2.24, 2.45) is 0 Å². The van der Waals surface area contributed by atoms with Crippen LogP contribution in [0.3, 0.4) is 0 Å². The first kappa shape index (κ1) is 24.4. The van der Waals surface area contributed by atoms with Crippen LogP contribution in [0.1, 0.15) is 90.4 Å². The van der Waals surface area contributed by atoms with Crippen molar-refractivity contribution in [1.82, 2.24) is 0 Å². The van der Waals surface area contributed by atoms with Crippen molar-refractivity contribution < 1.29 is 19.1 Å². The number of rotatable bonds is 18. The Balaban J connectivity index is 3.39. The molecule has 0 spiro atoms. The maximum atomic E-state index is 11.5. The number of allylic oxidation sites excluding steroid dienone is 1. The minimum Gasteiger partial charge on any atom is -0.463 e. The standard InChI is InChI=1S/C22H38O4/c1-3-5-7-8-9-10-11-12-13-14-16-20-26-22(24)18-17-21(23)25-19-15-6-4-2/h4,17-18H,2-3,5-16,19-20H2,1H3/b18-17+. The molecule has 0 aromatic heterocycles. The van der Waals surface area contributed by atoms with Crippen LogP contribution in [0.15, 0.2) is 24.8 Å². The smallest absolute Gasteiger partial charge is 0.331 e. The molecule has 4 nitrogen and oxygen atoms in total. The quantitative estimate of drug-likeness (QED) is 0.131. The number of hydrogen-bond acceptors (Lipinski definition) is 4. The molecule has 0 unspecified atom stereocenters. The van der Waals surface area contributed by atoms with Gasteiger partial charge in [0.25, 0.3) is 0 Å². The molecule has 0 bridgehead atoms. The van der Waals surface area contributed by atoms with Crippen molar-refractivity contribution in [3.8, 4) is 0 Å². The monoisotopic (exact) mass is 366 g/mol. The molecule has 0 aliphatic rings. The van der Waals surface area contributed by atoms with Crippen LogP contribution in [0.2, 0.25) is 0 Å². The Morgan fingerprint density at radius 1 is 0.692 bits per heavy atom. The Labute approximate surface area is 160 Å². The summed E-state index contributed by atoms with van der Waals surface area (Å²) in [6, 6.07) is 0.